The molecule has 1 N–H and O–H groups in total. The van der Waals surface area contributed by atoms with Gasteiger partial charge < -0.3 is 14.8 Å². The lowest BCUT2D eigenvalue weighted by Gasteiger charge is -2.11. The number of alkyl halides is 2. The van der Waals surface area contributed by atoms with Gasteiger partial charge in [-0.15, -0.1) is 0 Å². The van der Waals surface area contributed by atoms with Gasteiger partial charge in [0.15, 0.2) is 6.61 Å². The molecule has 2 aromatic rings. The lowest BCUT2D eigenvalue weighted by molar-refractivity contribution is -0.384. The van der Waals surface area contributed by atoms with Crippen molar-refractivity contribution in [2.75, 3.05) is 11.9 Å². The third kappa shape index (κ3) is 6.48. The Morgan fingerprint density at radius 3 is 2.46 bits per heavy atom. The third-order valence-corrected chi connectivity index (χ3v) is 3.24. The summed E-state index contributed by atoms with van der Waals surface area (Å²) in [7, 11) is 0. The summed E-state index contributed by atoms with van der Waals surface area (Å²) in [5, 5.41) is 12.9. The van der Waals surface area contributed by atoms with E-state index in [0.29, 0.717) is 5.56 Å². The maximum absolute atomic E-state index is 12.3. The molecule has 0 saturated carbocycles. The van der Waals surface area contributed by atoms with Crippen LogP contribution in [-0.2, 0) is 14.3 Å². The van der Waals surface area contributed by atoms with Crippen molar-refractivity contribution in [3.63, 3.8) is 0 Å². The number of nitro benzene ring substituents is 1. The first kappa shape index (κ1) is 20.5. The number of carbonyl (C=O) groups excluding carboxylic acids is 2. The van der Waals surface area contributed by atoms with Crippen molar-refractivity contribution in [3.05, 3.63) is 70.3 Å². The van der Waals surface area contributed by atoms with Crippen molar-refractivity contribution < 1.29 is 32.8 Å². The molecule has 0 saturated heterocycles. The zero-order valence-electron chi connectivity index (χ0n) is 14.2. The van der Waals surface area contributed by atoms with Crippen molar-refractivity contribution in [1.82, 2.24) is 0 Å². The van der Waals surface area contributed by atoms with E-state index in [0.717, 1.165) is 6.08 Å². The number of nitrogens with one attached hydrogen (secondary N) is 1. The van der Waals surface area contributed by atoms with Gasteiger partial charge in [0.2, 0.25) is 0 Å². The molecule has 0 heterocycles. The van der Waals surface area contributed by atoms with Crippen LogP contribution >= 0.6 is 0 Å². The number of ether oxygens (including phenoxy) is 2. The first-order chi connectivity index (χ1) is 13.3. The van der Waals surface area contributed by atoms with Gasteiger partial charge in [0.05, 0.1) is 10.6 Å². The summed E-state index contributed by atoms with van der Waals surface area (Å²) >= 11 is 0. The standard InChI is InChI=1S/C18H14F2N2O6/c19-18(20)28-15-4-2-1-3-14(15)21-16(23)11-27-17(24)10-7-12-5-8-13(9-6-12)22(25)26/h1-10,18H,11H2,(H,21,23). The normalized spacial score (nSPS) is 10.7. The molecule has 0 spiro atoms. The predicted molar refractivity (Wildman–Crippen MR) is 94.8 cm³/mol. The largest absolute Gasteiger partial charge is 0.452 e. The summed E-state index contributed by atoms with van der Waals surface area (Å²) in [5.41, 5.74) is 0.433. The Labute approximate surface area is 157 Å². The highest BCUT2D eigenvalue weighted by molar-refractivity contribution is 5.95. The number of esters is 1. The van der Waals surface area contributed by atoms with Crippen molar-refractivity contribution in [2.45, 2.75) is 6.61 Å². The summed E-state index contributed by atoms with van der Waals surface area (Å²) in [6, 6.07) is 11.0. The lowest BCUT2D eigenvalue weighted by Crippen LogP contribution is -2.20. The van der Waals surface area contributed by atoms with Gasteiger partial charge in [0.1, 0.15) is 5.75 Å². The van der Waals surface area contributed by atoms with Crippen LogP contribution in [0.15, 0.2) is 54.6 Å². The van der Waals surface area contributed by atoms with Gasteiger partial charge >= 0.3 is 12.6 Å². The topological polar surface area (TPSA) is 108 Å². The number of para-hydroxylation sites is 2. The minimum absolute atomic E-state index is 0.00488. The summed E-state index contributed by atoms with van der Waals surface area (Å²) in [5.74, 6) is -1.80. The maximum Gasteiger partial charge on any atom is 0.387 e. The third-order valence-electron chi connectivity index (χ3n) is 3.24. The van der Waals surface area contributed by atoms with E-state index >= 15 is 0 Å². The van der Waals surface area contributed by atoms with Gasteiger partial charge in [-0.3, -0.25) is 14.9 Å². The van der Waals surface area contributed by atoms with Crippen LogP contribution < -0.4 is 10.1 Å². The Morgan fingerprint density at radius 2 is 1.82 bits per heavy atom. The van der Waals surface area contributed by atoms with Crippen molar-refractivity contribution in [3.8, 4) is 5.75 Å². The molecule has 0 bridgehead atoms. The smallest absolute Gasteiger partial charge is 0.387 e. The molecule has 2 aromatic carbocycles. The van der Waals surface area contributed by atoms with E-state index in [2.05, 4.69) is 10.1 Å². The molecule has 0 fully saturated rings. The second kappa shape index (κ2) is 9.76. The molecule has 0 aromatic heterocycles. The Balaban J connectivity index is 1.85. The van der Waals surface area contributed by atoms with Crippen LogP contribution in [0.3, 0.4) is 0 Å². The van der Waals surface area contributed by atoms with E-state index in [1.54, 1.807) is 0 Å². The first-order valence-corrected chi connectivity index (χ1v) is 7.78. The second-order valence-electron chi connectivity index (χ2n) is 5.21. The maximum atomic E-state index is 12.3. The minimum Gasteiger partial charge on any atom is -0.452 e. The zero-order valence-corrected chi connectivity index (χ0v) is 14.2. The Bertz CT molecular complexity index is 884. The van der Waals surface area contributed by atoms with Crippen LogP contribution in [0, 0.1) is 10.1 Å². The van der Waals surface area contributed by atoms with E-state index in [9.17, 15) is 28.5 Å². The molecule has 1 amide bonds. The molecule has 0 aliphatic rings. The molecule has 2 rings (SSSR count). The van der Waals surface area contributed by atoms with E-state index in [4.69, 9.17) is 4.74 Å². The number of benzene rings is 2. The number of nitro groups is 1. The van der Waals surface area contributed by atoms with Gasteiger partial charge in [0.25, 0.3) is 11.6 Å². The highest BCUT2D eigenvalue weighted by Gasteiger charge is 2.12. The van der Waals surface area contributed by atoms with Crippen LogP contribution in [0.25, 0.3) is 6.08 Å². The average Bonchev–Trinajstić information content (AvgIpc) is 2.66. The van der Waals surface area contributed by atoms with Crippen LogP contribution in [0.4, 0.5) is 20.2 Å². The molecule has 0 aliphatic carbocycles. The average molecular weight is 392 g/mol. The molecule has 0 radical (unpaired) electrons. The monoisotopic (exact) mass is 392 g/mol. The molecule has 146 valence electrons. The predicted octanol–water partition coefficient (Wildman–Crippen LogP) is 3.39. The summed E-state index contributed by atoms with van der Waals surface area (Å²) < 4.78 is 33.7. The number of non-ortho nitro benzene ring substituents is 1. The number of hydrogen-bond acceptors (Lipinski definition) is 6. The van der Waals surface area contributed by atoms with Crippen LogP contribution in [-0.4, -0.2) is 30.0 Å². The quantitative estimate of drug-likeness (QED) is 0.319. The number of hydrogen-bond donors (Lipinski definition) is 1. The van der Waals surface area contributed by atoms with Gasteiger partial charge in [-0.25, -0.2) is 4.79 Å². The molecule has 0 aliphatic heterocycles. The van der Waals surface area contributed by atoms with Crippen molar-refractivity contribution in [1.29, 1.82) is 0 Å². The molecular formula is C18H14F2N2O6. The number of anilines is 1. The molecule has 8 nitrogen and oxygen atoms in total. The number of nitrogens with zero attached hydrogens (tertiary/aromatic N) is 1. The molecule has 28 heavy (non-hydrogen) atoms. The molecule has 10 heteroatoms. The molecular weight excluding hydrogens is 378 g/mol. The highest BCUT2D eigenvalue weighted by Crippen LogP contribution is 2.25. The van der Waals surface area contributed by atoms with E-state index in [1.165, 1.54) is 54.6 Å². The molecule has 0 atom stereocenters. The van der Waals surface area contributed by atoms with Crippen molar-refractivity contribution >= 4 is 29.3 Å². The number of halogens is 2. The number of amides is 1. The zero-order chi connectivity index (χ0) is 20.5. The highest BCUT2D eigenvalue weighted by atomic mass is 19.3. The summed E-state index contributed by atoms with van der Waals surface area (Å²) in [6.07, 6.45) is 2.40. The summed E-state index contributed by atoms with van der Waals surface area (Å²) in [4.78, 5) is 33.5. The molecule has 0 unspecified atom stereocenters. The van der Waals surface area contributed by atoms with Gasteiger partial charge in [-0.1, -0.05) is 12.1 Å². The van der Waals surface area contributed by atoms with Gasteiger partial charge in [0, 0.05) is 18.2 Å². The Morgan fingerprint density at radius 1 is 1.14 bits per heavy atom. The fourth-order valence-electron chi connectivity index (χ4n) is 2.01. The Hall–Kier alpha value is -3.82. The van der Waals surface area contributed by atoms with Crippen LogP contribution in [0.5, 0.6) is 5.75 Å². The van der Waals surface area contributed by atoms with Crippen LogP contribution in [0.1, 0.15) is 5.56 Å². The number of carbonyl (C=O) groups is 2. The van der Waals surface area contributed by atoms with Crippen LogP contribution in [0.2, 0.25) is 0 Å². The van der Waals surface area contributed by atoms with Gasteiger partial charge in [-0.05, 0) is 35.9 Å². The number of rotatable bonds is 8. The Kier molecular flexibility index (Phi) is 7.14. The van der Waals surface area contributed by atoms with Crippen molar-refractivity contribution in [2.24, 2.45) is 0 Å². The van der Waals surface area contributed by atoms with E-state index < -0.39 is 30.0 Å². The SMILES string of the molecule is O=C(COC(=O)C=Cc1ccc([N+](=O)[O-])cc1)Nc1ccccc1OC(F)F. The summed E-state index contributed by atoms with van der Waals surface area (Å²) in [6.45, 7) is -3.70. The first-order valence-electron chi connectivity index (χ1n) is 7.78. The van der Waals surface area contributed by atoms with E-state index in [-0.39, 0.29) is 17.1 Å². The van der Waals surface area contributed by atoms with Gasteiger partial charge in [-0.2, -0.15) is 8.78 Å². The van der Waals surface area contributed by atoms with E-state index in [1.807, 2.05) is 0 Å². The fraction of sp³-hybridized carbons (Fsp3) is 0.111. The minimum atomic E-state index is -3.06. The second-order valence-corrected chi connectivity index (χ2v) is 5.21. The fourth-order valence-corrected chi connectivity index (χ4v) is 2.01. The lowest BCUT2D eigenvalue weighted by atomic mass is 10.2.